The molecule has 2 fully saturated rings. The van der Waals surface area contributed by atoms with Gasteiger partial charge in [-0.1, -0.05) is 18.2 Å². The van der Waals surface area contributed by atoms with E-state index in [-0.39, 0.29) is 4.75 Å². The average molecular weight is 391 g/mol. The van der Waals surface area contributed by atoms with Crippen LogP contribution in [0.2, 0.25) is 0 Å². The Morgan fingerprint density at radius 1 is 1.22 bits per heavy atom. The summed E-state index contributed by atoms with van der Waals surface area (Å²) in [6, 6.07) is 11.2. The molecule has 0 unspecified atom stereocenters. The number of thioether (sulfide) groups is 1. The predicted molar refractivity (Wildman–Crippen MR) is 117 cm³/mol. The number of hydrogen-bond acceptors (Lipinski definition) is 4. The van der Waals surface area contributed by atoms with E-state index in [1.807, 2.05) is 11.8 Å². The van der Waals surface area contributed by atoms with Crippen molar-refractivity contribution in [3.8, 4) is 0 Å². The minimum absolute atomic E-state index is 0.233. The smallest absolute Gasteiger partial charge is 0.191 e. The molecule has 150 valence electrons. The van der Waals surface area contributed by atoms with Gasteiger partial charge in [-0.05, 0) is 51.0 Å². The molecule has 0 saturated carbocycles. The quantitative estimate of drug-likeness (QED) is 0.577. The highest BCUT2D eigenvalue weighted by Crippen LogP contribution is 2.34. The van der Waals surface area contributed by atoms with E-state index >= 15 is 0 Å². The van der Waals surface area contributed by atoms with Crippen LogP contribution in [0.3, 0.4) is 0 Å². The van der Waals surface area contributed by atoms with Crippen LogP contribution < -0.4 is 15.5 Å². The summed E-state index contributed by atoms with van der Waals surface area (Å²) in [6.45, 7) is 7.78. The van der Waals surface area contributed by atoms with E-state index in [1.54, 1.807) is 0 Å². The fourth-order valence-corrected chi connectivity index (χ4v) is 4.60. The first kappa shape index (κ1) is 20.3. The van der Waals surface area contributed by atoms with Gasteiger partial charge in [0.15, 0.2) is 5.96 Å². The summed E-state index contributed by atoms with van der Waals surface area (Å²) in [5.74, 6) is 0.968. The van der Waals surface area contributed by atoms with Crippen LogP contribution in [0.15, 0.2) is 35.3 Å². The molecule has 2 saturated heterocycles. The molecule has 2 aliphatic rings. The second-order valence-electron chi connectivity index (χ2n) is 7.44. The standard InChI is InChI=1S/C21H34N4OS/c1-3-22-20(23-17-21(27-2)11-15-26-16-12-21)24-18-9-13-25(14-10-18)19-7-5-4-6-8-19/h4-8,18H,3,9-17H2,1-2H3,(H2,22,23,24). The van der Waals surface area contributed by atoms with Crippen molar-refractivity contribution in [2.24, 2.45) is 4.99 Å². The molecule has 0 amide bonds. The van der Waals surface area contributed by atoms with Gasteiger partial charge in [0.2, 0.25) is 0 Å². The zero-order valence-electron chi connectivity index (χ0n) is 16.7. The first-order valence-electron chi connectivity index (χ1n) is 10.2. The molecule has 3 rings (SSSR count). The maximum atomic E-state index is 5.55. The zero-order chi connectivity index (χ0) is 19.0. The van der Waals surface area contributed by atoms with Crippen LogP contribution in [0.5, 0.6) is 0 Å². The van der Waals surface area contributed by atoms with Crippen LogP contribution in [0, 0.1) is 0 Å². The second-order valence-corrected chi connectivity index (χ2v) is 8.71. The monoisotopic (exact) mass is 390 g/mol. The maximum Gasteiger partial charge on any atom is 0.191 e. The van der Waals surface area contributed by atoms with Crippen LogP contribution in [-0.4, -0.2) is 62.4 Å². The van der Waals surface area contributed by atoms with Gasteiger partial charge in [-0.2, -0.15) is 11.8 Å². The molecule has 5 nitrogen and oxygen atoms in total. The Bertz CT molecular complexity index is 581. The Hall–Kier alpha value is -1.40. The van der Waals surface area contributed by atoms with Crippen molar-refractivity contribution in [2.75, 3.05) is 50.5 Å². The molecule has 1 aromatic rings. The van der Waals surface area contributed by atoms with Crippen molar-refractivity contribution in [1.82, 2.24) is 10.6 Å². The second kappa shape index (κ2) is 10.2. The van der Waals surface area contributed by atoms with E-state index in [9.17, 15) is 0 Å². The molecule has 0 aliphatic carbocycles. The highest BCUT2D eigenvalue weighted by molar-refractivity contribution is 8.00. The third-order valence-electron chi connectivity index (χ3n) is 5.66. The Morgan fingerprint density at radius 2 is 1.93 bits per heavy atom. The fourth-order valence-electron chi connectivity index (χ4n) is 3.83. The van der Waals surface area contributed by atoms with Crippen LogP contribution in [0.4, 0.5) is 5.69 Å². The van der Waals surface area contributed by atoms with Crippen molar-refractivity contribution in [3.05, 3.63) is 30.3 Å². The number of hydrogen-bond donors (Lipinski definition) is 2. The molecular weight excluding hydrogens is 356 g/mol. The molecule has 2 N–H and O–H groups in total. The van der Waals surface area contributed by atoms with Crippen LogP contribution in [0.1, 0.15) is 32.6 Å². The van der Waals surface area contributed by atoms with Crippen molar-refractivity contribution in [1.29, 1.82) is 0 Å². The Morgan fingerprint density at radius 3 is 2.56 bits per heavy atom. The van der Waals surface area contributed by atoms with Gasteiger partial charge >= 0.3 is 0 Å². The van der Waals surface area contributed by atoms with Gasteiger partial charge in [0.05, 0.1) is 6.54 Å². The number of benzene rings is 1. The number of nitrogens with one attached hydrogen (secondary N) is 2. The number of piperidine rings is 1. The molecule has 27 heavy (non-hydrogen) atoms. The average Bonchev–Trinajstić information content (AvgIpc) is 2.74. The van der Waals surface area contributed by atoms with Gasteiger partial charge in [-0.15, -0.1) is 0 Å². The Balaban J connectivity index is 1.53. The van der Waals surface area contributed by atoms with Crippen molar-refractivity contribution < 1.29 is 4.74 Å². The van der Waals surface area contributed by atoms with Crippen molar-refractivity contribution in [3.63, 3.8) is 0 Å². The molecular formula is C21H34N4OS. The van der Waals surface area contributed by atoms with Gasteiger partial charge < -0.3 is 20.3 Å². The minimum Gasteiger partial charge on any atom is -0.381 e. The van der Waals surface area contributed by atoms with Gasteiger partial charge in [0, 0.05) is 49.3 Å². The normalized spacial score (nSPS) is 21.1. The lowest BCUT2D eigenvalue weighted by Gasteiger charge is -2.36. The Labute approximate surface area is 168 Å². The number of nitrogens with zero attached hydrogens (tertiary/aromatic N) is 2. The highest BCUT2D eigenvalue weighted by Gasteiger charge is 2.31. The van der Waals surface area contributed by atoms with E-state index in [4.69, 9.17) is 9.73 Å². The number of rotatable bonds is 6. The molecule has 0 bridgehead atoms. The highest BCUT2D eigenvalue weighted by atomic mass is 32.2. The van der Waals surface area contributed by atoms with Gasteiger partial charge in [-0.3, -0.25) is 4.99 Å². The molecule has 6 heteroatoms. The Kier molecular flexibility index (Phi) is 7.70. The van der Waals surface area contributed by atoms with E-state index in [0.717, 1.165) is 71.0 Å². The molecule has 0 spiro atoms. The van der Waals surface area contributed by atoms with E-state index in [1.165, 1.54) is 5.69 Å². The molecule has 0 atom stereocenters. The number of aliphatic imine (C=N–C) groups is 1. The fraction of sp³-hybridized carbons (Fsp3) is 0.667. The van der Waals surface area contributed by atoms with Crippen LogP contribution >= 0.6 is 11.8 Å². The summed E-state index contributed by atoms with van der Waals surface area (Å²) >= 11 is 1.95. The lowest BCUT2D eigenvalue weighted by atomic mass is 9.99. The van der Waals surface area contributed by atoms with Crippen molar-refractivity contribution >= 4 is 23.4 Å². The van der Waals surface area contributed by atoms with Crippen LogP contribution in [0.25, 0.3) is 0 Å². The lowest BCUT2D eigenvalue weighted by molar-refractivity contribution is 0.0794. The van der Waals surface area contributed by atoms with Gasteiger partial charge in [0.25, 0.3) is 0 Å². The van der Waals surface area contributed by atoms with E-state index in [2.05, 4.69) is 59.0 Å². The van der Waals surface area contributed by atoms with Gasteiger partial charge in [-0.25, -0.2) is 0 Å². The third kappa shape index (κ3) is 5.79. The van der Waals surface area contributed by atoms with E-state index in [0.29, 0.717) is 6.04 Å². The topological polar surface area (TPSA) is 48.9 Å². The summed E-state index contributed by atoms with van der Waals surface area (Å²) in [6.07, 6.45) is 6.67. The molecule has 0 aromatic heterocycles. The zero-order valence-corrected chi connectivity index (χ0v) is 17.6. The molecule has 1 aromatic carbocycles. The summed E-state index contributed by atoms with van der Waals surface area (Å²) in [5, 5.41) is 7.12. The third-order valence-corrected chi connectivity index (χ3v) is 7.07. The summed E-state index contributed by atoms with van der Waals surface area (Å²) in [4.78, 5) is 7.44. The van der Waals surface area contributed by atoms with Crippen LogP contribution in [-0.2, 0) is 4.74 Å². The number of ether oxygens (including phenoxy) is 1. The summed E-state index contributed by atoms with van der Waals surface area (Å²) < 4.78 is 5.78. The first-order valence-corrected chi connectivity index (χ1v) is 11.4. The summed E-state index contributed by atoms with van der Waals surface area (Å²) in [7, 11) is 0. The molecule has 2 aliphatic heterocycles. The number of guanidine groups is 1. The largest absolute Gasteiger partial charge is 0.381 e. The summed E-state index contributed by atoms with van der Waals surface area (Å²) in [5.41, 5.74) is 1.33. The lowest BCUT2D eigenvalue weighted by Crippen LogP contribution is -2.49. The molecule has 0 radical (unpaired) electrons. The number of para-hydroxylation sites is 1. The van der Waals surface area contributed by atoms with Crippen molar-refractivity contribution in [2.45, 2.75) is 43.4 Å². The van der Waals surface area contributed by atoms with E-state index < -0.39 is 0 Å². The predicted octanol–water partition coefficient (Wildman–Crippen LogP) is 3.12. The maximum absolute atomic E-state index is 5.55. The number of anilines is 1. The molecule has 2 heterocycles. The minimum atomic E-state index is 0.233. The SMILES string of the molecule is CCNC(=NCC1(SC)CCOCC1)NC1CCN(c2ccccc2)CC1. The first-order chi connectivity index (χ1) is 13.2. The van der Waals surface area contributed by atoms with Gasteiger partial charge in [0.1, 0.15) is 0 Å².